The summed E-state index contributed by atoms with van der Waals surface area (Å²) in [5.74, 6) is -0.320. The molecule has 0 radical (unpaired) electrons. The molecule has 1 fully saturated rings. The number of esters is 1. The van der Waals surface area contributed by atoms with Gasteiger partial charge in [-0.3, -0.25) is 0 Å². The molecule has 1 aliphatic heterocycles. The van der Waals surface area contributed by atoms with E-state index in [1.165, 1.54) is 7.11 Å². The highest BCUT2D eigenvalue weighted by atomic mass is 16.5. The number of benzene rings is 1. The van der Waals surface area contributed by atoms with Gasteiger partial charge < -0.3 is 14.7 Å². The van der Waals surface area contributed by atoms with E-state index in [0.717, 1.165) is 25.1 Å². The molecular weight excluding hydrogens is 242 g/mol. The molecule has 1 aromatic carbocycles. The van der Waals surface area contributed by atoms with Crippen molar-refractivity contribution >= 4 is 11.7 Å². The van der Waals surface area contributed by atoms with Gasteiger partial charge >= 0.3 is 5.97 Å². The molecule has 0 saturated carbocycles. The molecule has 2 rings (SSSR count). The molecule has 0 spiro atoms. The minimum absolute atomic E-state index is 0.0789. The maximum atomic E-state index is 11.4. The lowest BCUT2D eigenvalue weighted by Crippen LogP contribution is -2.51. The SMILES string of the molecule is COC(=O)c1ccc(N2CCC(O)CC2(C)C)cc1. The van der Waals surface area contributed by atoms with Crippen molar-refractivity contribution in [2.24, 2.45) is 0 Å². The Kier molecular flexibility index (Phi) is 3.80. The van der Waals surface area contributed by atoms with Gasteiger partial charge in [-0.1, -0.05) is 0 Å². The van der Waals surface area contributed by atoms with Gasteiger partial charge in [0, 0.05) is 17.8 Å². The van der Waals surface area contributed by atoms with E-state index in [9.17, 15) is 9.90 Å². The maximum Gasteiger partial charge on any atom is 0.337 e. The Morgan fingerprint density at radius 1 is 1.37 bits per heavy atom. The molecule has 19 heavy (non-hydrogen) atoms. The van der Waals surface area contributed by atoms with Gasteiger partial charge in [0.25, 0.3) is 0 Å². The molecule has 1 N–H and O–H groups in total. The first-order chi connectivity index (χ1) is 8.94. The maximum absolute atomic E-state index is 11.4. The summed E-state index contributed by atoms with van der Waals surface area (Å²) in [6, 6.07) is 7.43. The summed E-state index contributed by atoms with van der Waals surface area (Å²) in [7, 11) is 1.38. The molecule has 104 valence electrons. The Bertz CT molecular complexity index is 453. The van der Waals surface area contributed by atoms with Crippen molar-refractivity contribution in [3.05, 3.63) is 29.8 Å². The highest BCUT2D eigenvalue weighted by molar-refractivity contribution is 5.89. The zero-order valence-electron chi connectivity index (χ0n) is 11.7. The van der Waals surface area contributed by atoms with Gasteiger partial charge in [0.15, 0.2) is 0 Å². The molecule has 0 aliphatic carbocycles. The topological polar surface area (TPSA) is 49.8 Å². The molecular formula is C15H21NO3. The number of hydrogen-bond acceptors (Lipinski definition) is 4. The zero-order valence-corrected chi connectivity index (χ0v) is 11.7. The number of carbonyl (C=O) groups excluding carboxylic acids is 1. The fourth-order valence-corrected chi connectivity index (χ4v) is 2.74. The van der Waals surface area contributed by atoms with Crippen LogP contribution in [0.15, 0.2) is 24.3 Å². The van der Waals surface area contributed by atoms with Crippen molar-refractivity contribution in [3.8, 4) is 0 Å². The van der Waals surface area contributed by atoms with Crippen LogP contribution in [0, 0.1) is 0 Å². The largest absolute Gasteiger partial charge is 0.465 e. The third-order valence-electron chi connectivity index (χ3n) is 3.75. The van der Waals surface area contributed by atoms with Crippen LogP contribution in [0.3, 0.4) is 0 Å². The van der Waals surface area contributed by atoms with Crippen LogP contribution in [-0.4, -0.2) is 36.4 Å². The van der Waals surface area contributed by atoms with Gasteiger partial charge in [-0.2, -0.15) is 0 Å². The van der Waals surface area contributed by atoms with Crippen LogP contribution in [0.4, 0.5) is 5.69 Å². The van der Waals surface area contributed by atoms with Gasteiger partial charge in [0.05, 0.1) is 18.8 Å². The molecule has 0 bridgehead atoms. The van der Waals surface area contributed by atoms with E-state index < -0.39 is 0 Å². The second-order valence-corrected chi connectivity index (χ2v) is 5.65. The summed E-state index contributed by atoms with van der Waals surface area (Å²) < 4.78 is 4.69. The Hall–Kier alpha value is -1.55. The smallest absolute Gasteiger partial charge is 0.337 e. The predicted octanol–water partition coefficient (Wildman–Crippen LogP) is 2.21. The van der Waals surface area contributed by atoms with Gasteiger partial charge in [-0.05, 0) is 51.0 Å². The molecule has 1 aromatic rings. The Balaban J connectivity index is 2.20. The Labute approximate surface area is 114 Å². The van der Waals surface area contributed by atoms with E-state index in [4.69, 9.17) is 4.74 Å². The van der Waals surface area contributed by atoms with Crippen LogP contribution in [0.1, 0.15) is 37.0 Å². The van der Waals surface area contributed by atoms with Crippen molar-refractivity contribution < 1.29 is 14.6 Å². The number of piperidine rings is 1. The Morgan fingerprint density at radius 3 is 2.53 bits per heavy atom. The molecule has 1 atom stereocenters. The van der Waals surface area contributed by atoms with Gasteiger partial charge in [0.1, 0.15) is 0 Å². The number of methoxy groups -OCH3 is 1. The average molecular weight is 263 g/mol. The van der Waals surface area contributed by atoms with E-state index in [-0.39, 0.29) is 17.6 Å². The summed E-state index contributed by atoms with van der Waals surface area (Å²) in [4.78, 5) is 13.7. The number of aliphatic hydroxyl groups excluding tert-OH is 1. The number of hydrogen-bond donors (Lipinski definition) is 1. The molecule has 0 amide bonds. The number of carbonyl (C=O) groups is 1. The molecule has 1 unspecified atom stereocenters. The first-order valence-electron chi connectivity index (χ1n) is 6.58. The van der Waals surface area contributed by atoms with Crippen molar-refractivity contribution in [1.82, 2.24) is 0 Å². The summed E-state index contributed by atoms with van der Waals surface area (Å²) in [6.45, 7) is 5.08. The number of aliphatic hydroxyl groups is 1. The second-order valence-electron chi connectivity index (χ2n) is 5.65. The highest BCUT2D eigenvalue weighted by Gasteiger charge is 2.34. The summed E-state index contributed by atoms with van der Waals surface area (Å²) >= 11 is 0. The monoisotopic (exact) mass is 263 g/mol. The quantitative estimate of drug-likeness (QED) is 0.831. The first-order valence-corrected chi connectivity index (χ1v) is 6.58. The van der Waals surface area contributed by atoms with Crippen LogP contribution < -0.4 is 4.90 Å². The number of rotatable bonds is 2. The summed E-state index contributed by atoms with van der Waals surface area (Å²) in [6.07, 6.45) is 1.31. The lowest BCUT2D eigenvalue weighted by Gasteiger charge is -2.46. The van der Waals surface area contributed by atoms with Gasteiger partial charge in [-0.15, -0.1) is 0 Å². The third-order valence-corrected chi connectivity index (χ3v) is 3.75. The van der Waals surface area contributed by atoms with Crippen LogP contribution in [0.2, 0.25) is 0 Å². The predicted molar refractivity (Wildman–Crippen MR) is 74.4 cm³/mol. The van der Waals surface area contributed by atoms with E-state index >= 15 is 0 Å². The van der Waals surface area contributed by atoms with Crippen molar-refractivity contribution in [2.75, 3.05) is 18.6 Å². The Morgan fingerprint density at radius 2 is 2.00 bits per heavy atom. The normalized spacial score (nSPS) is 22.1. The van der Waals surface area contributed by atoms with E-state index in [1.807, 2.05) is 12.1 Å². The van der Waals surface area contributed by atoms with E-state index in [2.05, 4.69) is 18.7 Å². The summed E-state index contributed by atoms with van der Waals surface area (Å²) in [5.41, 5.74) is 1.55. The first kappa shape index (κ1) is 13.9. The minimum atomic E-state index is -0.320. The number of ether oxygens (including phenoxy) is 1. The third kappa shape index (κ3) is 2.89. The fraction of sp³-hybridized carbons (Fsp3) is 0.533. The molecule has 1 heterocycles. The second kappa shape index (κ2) is 5.21. The minimum Gasteiger partial charge on any atom is -0.465 e. The number of nitrogens with zero attached hydrogens (tertiary/aromatic N) is 1. The zero-order chi connectivity index (χ0) is 14.0. The standard InChI is InChI=1S/C15H21NO3/c1-15(2)10-13(17)8-9-16(15)12-6-4-11(5-7-12)14(18)19-3/h4-7,13,17H,8-10H2,1-3H3. The molecule has 1 aliphatic rings. The molecule has 4 nitrogen and oxygen atoms in total. The number of anilines is 1. The van der Waals surface area contributed by atoms with Crippen molar-refractivity contribution in [2.45, 2.75) is 38.3 Å². The molecule has 4 heteroatoms. The average Bonchev–Trinajstić information content (AvgIpc) is 2.37. The lowest BCUT2D eigenvalue weighted by atomic mass is 9.88. The molecule has 0 aromatic heterocycles. The molecule has 1 saturated heterocycles. The van der Waals surface area contributed by atoms with E-state index in [0.29, 0.717) is 5.56 Å². The van der Waals surface area contributed by atoms with Crippen LogP contribution in [-0.2, 0) is 4.74 Å². The summed E-state index contributed by atoms with van der Waals surface area (Å²) in [5, 5.41) is 9.77. The highest BCUT2D eigenvalue weighted by Crippen LogP contribution is 2.32. The van der Waals surface area contributed by atoms with Gasteiger partial charge in [0.2, 0.25) is 0 Å². The van der Waals surface area contributed by atoms with Crippen LogP contribution in [0.5, 0.6) is 0 Å². The van der Waals surface area contributed by atoms with Crippen molar-refractivity contribution in [3.63, 3.8) is 0 Å². The van der Waals surface area contributed by atoms with E-state index in [1.54, 1.807) is 12.1 Å². The fourth-order valence-electron chi connectivity index (χ4n) is 2.74. The van der Waals surface area contributed by atoms with Crippen LogP contribution in [0.25, 0.3) is 0 Å². The van der Waals surface area contributed by atoms with Crippen LogP contribution >= 0.6 is 0 Å². The van der Waals surface area contributed by atoms with Crippen molar-refractivity contribution in [1.29, 1.82) is 0 Å². The lowest BCUT2D eigenvalue weighted by molar-refractivity contribution is 0.0601. The van der Waals surface area contributed by atoms with Gasteiger partial charge in [-0.25, -0.2) is 4.79 Å².